The van der Waals surface area contributed by atoms with E-state index in [1.165, 1.54) is 6.33 Å². The fourth-order valence-corrected chi connectivity index (χ4v) is 3.15. The Balaban J connectivity index is 1.36. The van der Waals surface area contributed by atoms with Crippen LogP contribution in [-0.2, 0) is 13.1 Å². The van der Waals surface area contributed by atoms with Crippen LogP contribution in [-0.4, -0.2) is 26.6 Å². The van der Waals surface area contributed by atoms with Crippen LogP contribution in [0.1, 0.15) is 31.8 Å². The molecule has 0 radical (unpaired) electrons. The Morgan fingerprint density at radius 2 is 1.50 bits per heavy atom. The first-order chi connectivity index (χ1) is 15.6. The van der Waals surface area contributed by atoms with Gasteiger partial charge in [-0.05, 0) is 59.7 Å². The normalized spacial score (nSPS) is 10.5. The van der Waals surface area contributed by atoms with E-state index in [2.05, 4.69) is 15.4 Å². The van der Waals surface area contributed by atoms with E-state index in [0.29, 0.717) is 35.7 Å². The number of amides is 2. The predicted octanol–water partition coefficient (Wildman–Crippen LogP) is 3.15. The fraction of sp³-hybridized carbons (Fsp3) is 0.0833. The minimum absolute atomic E-state index is 0.182. The molecule has 0 atom stereocenters. The molecule has 0 spiro atoms. The lowest BCUT2D eigenvalue weighted by atomic mass is 10.1. The highest BCUT2D eigenvalue weighted by Gasteiger charge is 2.09. The van der Waals surface area contributed by atoms with E-state index in [1.54, 1.807) is 59.5 Å². The molecule has 0 bridgehead atoms. The number of nitrogens with zero attached hydrogens (tertiary/aromatic N) is 3. The number of aromatic nitrogens is 3. The number of hydrogen-bond acceptors (Lipinski definition) is 5. The minimum Gasteiger partial charge on any atom is -0.457 e. The van der Waals surface area contributed by atoms with Crippen molar-refractivity contribution in [3.05, 3.63) is 108 Å². The quantitative estimate of drug-likeness (QED) is 0.449. The van der Waals surface area contributed by atoms with Crippen LogP contribution in [0.5, 0.6) is 11.5 Å². The van der Waals surface area contributed by atoms with E-state index in [-0.39, 0.29) is 5.91 Å². The van der Waals surface area contributed by atoms with E-state index in [0.717, 1.165) is 11.1 Å². The number of ether oxygens (including phenoxy) is 1. The van der Waals surface area contributed by atoms with Gasteiger partial charge in [-0.3, -0.25) is 9.59 Å². The Bertz CT molecular complexity index is 1200. The van der Waals surface area contributed by atoms with Gasteiger partial charge in [-0.1, -0.05) is 24.3 Å². The van der Waals surface area contributed by atoms with Gasteiger partial charge in [0, 0.05) is 17.7 Å². The van der Waals surface area contributed by atoms with Gasteiger partial charge in [-0.15, -0.1) is 0 Å². The van der Waals surface area contributed by atoms with Gasteiger partial charge in [0.25, 0.3) is 5.91 Å². The average molecular weight is 427 g/mol. The summed E-state index contributed by atoms with van der Waals surface area (Å²) in [5.41, 5.74) is 8.24. The molecule has 1 aromatic heterocycles. The van der Waals surface area contributed by atoms with Crippen LogP contribution in [0.3, 0.4) is 0 Å². The second-order valence-corrected chi connectivity index (χ2v) is 7.06. The number of carbonyl (C=O) groups excluding carboxylic acids is 2. The second kappa shape index (κ2) is 9.57. The number of benzene rings is 3. The SMILES string of the molecule is NC(=O)c1ccc(Oc2ccc(C(=O)NCc3ccccc3Cn3cncn3)cc2)cc1. The molecule has 0 unspecified atom stereocenters. The first-order valence-corrected chi connectivity index (χ1v) is 9.93. The molecule has 0 aliphatic rings. The van der Waals surface area contributed by atoms with Gasteiger partial charge in [-0.2, -0.15) is 5.10 Å². The van der Waals surface area contributed by atoms with Gasteiger partial charge in [0.15, 0.2) is 0 Å². The summed E-state index contributed by atoms with van der Waals surface area (Å²) in [6, 6.07) is 21.2. The molecule has 4 rings (SSSR count). The molecule has 4 aromatic rings. The first-order valence-electron chi connectivity index (χ1n) is 9.93. The topological polar surface area (TPSA) is 112 Å². The number of rotatable bonds is 8. The Labute approximate surface area is 184 Å². The van der Waals surface area contributed by atoms with Gasteiger partial charge < -0.3 is 15.8 Å². The maximum Gasteiger partial charge on any atom is 0.251 e. The molecule has 3 aromatic carbocycles. The molecule has 32 heavy (non-hydrogen) atoms. The van der Waals surface area contributed by atoms with Crippen LogP contribution in [0.4, 0.5) is 0 Å². The zero-order valence-corrected chi connectivity index (χ0v) is 17.1. The molecule has 0 aliphatic carbocycles. The molecule has 0 saturated heterocycles. The molecule has 0 aliphatic heterocycles. The third-order valence-corrected chi connectivity index (χ3v) is 4.85. The summed E-state index contributed by atoms with van der Waals surface area (Å²) in [5.74, 6) is 0.466. The second-order valence-electron chi connectivity index (χ2n) is 7.06. The lowest BCUT2D eigenvalue weighted by Gasteiger charge is -2.11. The minimum atomic E-state index is -0.493. The number of primary amides is 1. The van der Waals surface area contributed by atoms with Gasteiger partial charge in [0.05, 0.1) is 6.54 Å². The molecule has 8 nitrogen and oxygen atoms in total. The van der Waals surface area contributed by atoms with Crippen LogP contribution in [0.25, 0.3) is 0 Å². The first kappa shape index (κ1) is 20.8. The molecule has 1 heterocycles. The number of carbonyl (C=O) groups is 2. The summed E-state index contributed by atoms with van der Waals surface area (Å²) < 4.78 is 7.48. The van der Waals surface area contributed by atoms with Crippen LogP contribution in [0.15, 0.2) is 85.5 Å². The highest BCUT2D eigenvalue weighted by atomic mass is 16.5. The number of nitrogens with one attached hydrogen (secondary N) is 1. The van der Waals surface area contributed by atoms with Gasteiger partial charge in [-0.25, -0.2) is 9.67 Å². The molecular formula is C24H21N5O3. The zero-order chi connectivity index (χ0) is 22.3. The molecule has 0 saturated carbocycles. The van der Waals surface area contributed by atoms with E-state index in [4.69, 9.17) is 10.5 Å². The van der Waals surface area contributed by atoms with Crippen molar-refractivity contribution < 1.29 is 14.3 Å². The van der Waals surface area contributed by atoms with E-state index < -0.39 is 5.91 Å². The lowest BCUT2D eigenvalue weighted by molar-refractivity contribution is 0.0949. The summed E-state index contributed by atoms with van der Waals surface area (Å²) in [6.45, 7) is 0.979. The van der Waals surface area contributed by atoms with Gasteiger partial charge >= 0.3 is 0 Å². The van der Waals surface area contributed by atoms with E-state index in [9.17, 15) is 9.59 Å². The number of hydrogen-bond donors (Lipinski definition) is 2. The van der Waals surface area contributed by atoms with Crippen molar-refractivity contribution in [2.45, 2.75) is 13.1 Å². The third-order valence-electron chi connectivity index (χ3n) is 4.85. The van der Waals surface area contributed by atoms with Crippen LogP contribution >= 0.6 is 0 Å². The Hall–Kier alpha value is -4.46. The van der Waals surface area contributed by atoms with Crippen molar-refractivity contribution in [3.8, 4) is 11.5 Å². The van der Waals surface area contributed by atoms with Gasteiger partial charge in [0.2, 0.25) is 5.91 Å². The summed E-state index contributed by atoms with van der Waals surface area (Å²) in [4.78, 5) is 27.7. The molecule has 160 valence electrons. The smallest absolute Gasteiger partial charge is 0.251 e. The van der Waals surface area contributed by atoms with Crippen molar-refractivity contribution in [1.29, 1.82) is 0 Å². The summed E-state index contributed by atoms with van der Waals surface area (Å²) >= 11 is 0. The summed E-state index contributed by atoms with van der Waals surface area (Å²) in [5, 5.41) is 7.08. The van der Waals surface area contributed by atoms with E-state index >= 15 is 0 Å². The molecule has 2 amide bonds. The summed E-state index contributed by atoms with van der Waals surface area (Å²) in [6.07, 6.45) is 3.15. The number of nitrogens with two attached hydrogens (primary N) is 1. The monoisotopic (exact) mass is 427 g/mol. The van der Waals surface area contributed by atoms with Crippen molar-refractivity contribution >= 4 is 11.8 Å². The van der Waals surface area contributed by atoms with E-state index in [1.807, 2.05) is 24.3 Å². The van der Waals surface area contributed by atoms with Crippen molar-refractivity contribution in [3.63, 3.8) is 0 Å². The molecule has 3 N–H and O–H groups in total. The van der Waals surface area contributed by atoms with Crippen LogP contribution in [0, 0.1) is 0 Å². The van der Waals surface area contributed by atoms with Gasteiger partial charge in [0.1, 0.15) is 24.2 Å². The largest absolute Gasteiger partial charge is 0.457 e. The highest BCUT2D eigenvalue weighted by molar-refractivity contribution is 5.94. The zero-order valence-electron chi connectivity index (χ0n) is 17.1. The summed E-state index contributed by atoms with van der Waals surface area (Å²) in [7, 11) is 0. The molecule has 8 heteroatoms. The maximum absolute atomic E-state index is 12.6. The Morgan fingerprint density at radius 3 is 2.09 bits per heavy atom. The third kappa shape index (κ3) is 5.17. The molecule has 0 fully saturated rings. The van der Waals surface area contributed by atoms with Crippen LogP contribution < -0.4 is 15.8 Å². The lowest BCUT2D eigenvalue weighted by Crippen LogP contribution is -2.23. The standard InChI is InChI=1S/C24H21N5O3/c25-23(30)17-5-9-21(10-6-17)32-22-11-7-18(8-12-22)24(31)27-13-19-3-1-2-4-20(19)14-29-16-26-15-28-29/h1-12,15-16H,13-14H2,(H2,25,30)(H,27,31). The van der Waals surface area contributed by atoms with Crippen molar-refractivity contribution in [2.24, 2.45) is 5.73 Å². The maximum atomic E-state index is 12.6. The predicted molar refractivity (Wildman–Crippen MR) is 118 cm³/mol. The average Bonchev–Trinajstić information content (AvgIpc) is 3.32. The van der Waals surface area contributed by atoms with Crippen molar-refractivity contribution in [1.82, 2.24) is 20.1 Å². The highest BCUT2D eigenvalue weighted by Crippen LogP contribution is 2.22. The van der Waals surface area contributed by atoms with Crippen molar-refractivity contribution in [2.75, 3.05) is 0 Å². The fourth-order valence-electron chi connectivity index (χ4n) is 3.15. The van der Waals surface area contributed by atoms with Crippen LogP contribution in [0.2, 0.25) is 0 Å². The molecular weight excluding hydrogens is 406 g/mol. The Morgan fingerprint density at radius 1 is 0.875 bits per heavy atom. The Kier molecular flexibility index (Phi) is 6.22.